The molecule has 0 saturated heterocycles. The van der Waals surface area contributed by atoms with Gasteiger partial charge in [0.25, 0.3) is 5.91 Å². The number of hydrazine groups is 1. The number of carbonyl (C=O) groups excluding carboxylic acids is 1. The van der Waals surface area contributed by atoms with Crippen LogP contribution in [-0.2, 0) is 21.6 Å². The molecule has 2 fully saturated rings. The fourth-order valence-electron chi connectivity index (χ4n) is 4.29. The summed E-state index contributed by atoms with van der Waals surface area (Å²) in [4.78, 5) is 14.1. The quantitative estimate of drug-likeness (QED) is 0.547. The number of hydrogen-bond donors (Lipinski definition) is 2. The van der Waals surface area contributed by atoms with Gasteiger partial charge in [-0.2, -0.15) is 0 Å². The number of ether oxygens (including phenoxy) is 1. The average molecular weight is 422 g/mol. The SMILES string of the molecule is CN(/C=C(/F)C=N)NC(=O)CN1COCc2ccc([C@H]3C[C@H]3F)c(F)c2C2(CC2)C1. The number of halogens is 3. The van der Waals surface area contributed by atoms with Crippen molar-refractivity contribution in [3.8, 4) is 0 Å². The summed E-state index contributed by atoms with van der Waals surface area (Å²) in [6.07, 6.45) is 2.52. The second kappa shape index (κ2) is 8.03. The monoisotopic (exact) mass is 422 g/mol. The van der Waals surface area contributed by atoms with E-state index >= 15 is 4.39 Å². The van der Waals surface area contributed by atoms with Gasteiger partial charge in [-0.3, -0.25) is 20.1 Å². The van der Waals surface area contributed by atoms with Gasteiger partial charge in [-0.1, -0.05) is 12.1 Å². The molecule has 0 aromatic heterocycles. The first kappa shape index (κ1) is 20.9. The van der Waals surface area contributed by atoms with E-state index in [2.05, 4.69) is 5.43 Å². The van der Waals surface area contributed by atoms with E-state index in [0.717, 1.165) is 29.6 Å². The van der Waals surface area contributed by atoms with Gasteiger partial charge in [0.2, 0.25) is 0 Å². The number of amides is 1. The molecule has 1 aliphatic heterocycles. The minimum atomic E-state index is -0.971. The summed E-state index contributed by atoms with van der Waals surface area (Å²) >= 11 is 0. The molecule has 2 N–H and O–H groups in total. The molecule has 4 rings (SSSR count). The zero-order chi connectivity index (χ0) is 21.5. The van der Waals surface area contributed by atoms with Crippen molar-refractivity contribution in [2.45, 2.75) is 43.4 Å². The van der Waals surface area contributed by atoms with Crippen molar-refractivity contribution >= 4 is 12.1 Å². The van der Waals surface area contributed by atoms with Crippen LogP contribution < -0.4 is 5.43 Å². The molecule has 2 aliphatic carbocycles. The lowest BCUT2D eigenvalue weighted by Gasteiger charge is -2.32. The molecule has 1 heterocycles. The van der Waals surface area contributed by atoms with Gasteiger partial charge in [0.1, 0.15) is 12.0 Å². The number of rotatable bonds is 6. The topological polar surface area (TPSA) is 68.7 Å². The van der Waals surface area contributed by atoms with E-state index in [-0.39, 0.29) is 37.5 Å². The van der Waals surface area contributed by atoms with Crippen LogP contribution in [0.5, 0.6) is 0 Å². The van der Waals surface area contributed by atoms with Gasteiger partial charge in [-0.25, -0.2) is 13.2 Å². The fourth-order valence-corrected chi connectivity index (χ4v) is 4.29. The highest BCUT2D eigenvalue weighted by Crippen LogP contribution is 2.54. The molecule has 30 heavy (non-hydrogen) atoms. The molecular formula is C21H25F3N4O2. The first-order chi connectivity index (χ1) is 14.3. The summed E-state index contributed by atoms with van der Waals surface area (Å²) in [5, 5.41) is 7.98. The maximum absolute atomic E-state index is 15.4. The van der Waals surface area contributed by atoms with Crippen LogP contribution in [0, 0.1) is 11.2 Å². The highest BCUT2D eigenvalue weighted by atomic mass is 19.1. The third-order valence-electron chi connectivity index (χ3n) is 5.93. The molecule has 2 saturated carbocycles. The van der Waals surface area contributed by atoms with E-state index in [1.165, 1.54) is 7.05 Å². The lowest BCUT2D eigenvalue weighted by molar-refractivity contribution is -0.127. The second-order valence-corrected chi connectivity index (χ2v) is 8.41. The van der Waals surface area contributed by atoms with Crippen LogP contribution in [0.2, 0.25) is 0 Å². The highest BCUT2D eigenvalue weighted by Gasteiger charge is 2.51. The molecule has 1 aromatic carbocycles. The van der Waals surface area contributed by atoms with Crippen LogP contribution in [0.15, 0.2) is 24.2 Å². The van der Waals surface area contributed by atoms with Gasteiger partial charge < -0.3 is 10.1 Å². The zero-order valence-electron chi connectivity index (χ0n) is 16.8. The molecule has 9 heteroatoms. The molecule has 1 amide bonds. The van der Waals surface area contributed by atoms with Crippen LogP contribution in [0.3, 0.4) is 0 Å². The van der Waals surface area contributed by atoms with E-state index in [1.54, 1.807) is 11.0 Å². The minimum Gasteiger partial charge on any atom is -0.361 e. The summed E-state index contributed by atoms with van der Waals surface area (Å²) in [5.41, 5.74) is 3.96. The molecule has 162 valence electrons. The molecule has 0 radical (unpaired) electrons. The Labute approximate surface area is 173 Å². The molecule has 1 spiro atoms. The third-order valence-corrected chi connectivity index (χ3v) is 5.93. The Hall–Kier alpha value is -2.39. The van der Waals surface area contributed by atoms with E-state index in [9.17, 15) is 13.6 Å². The number of nitrogens with zero attached hydrogens (tertiary/aromatic N) is 2. The number of benzene rings is 1. The summed E-state index contributed by atoms with van der Waals surface area (Å²) in [5.74, 6) is -1.85. The van der Waals surface area contributed by atoms with Gasteiger partial charge in [0, 0.05) is 30.5 Å². The molecular weight excluding hydrogens is 397 g/mol. The number of alkyl halides is 1. The smallest absolute Gasteiger partial charge is 0.252 e. The summed E-state index contributed by atoms with van der Waals surface area (Å²) in [6.45, 7) is 0.884. The maximum Gasteiger partial charge on any atom is 0.252 e. The Kier molecular flexibility index (Phi) is 5.59. The predicted molar refractivity (Wildman–Crippen MR) is 105 cm³/mol. The van der Waals surface area contributed by atoms with Crippen LogP contribution in [0.4, 0.5) is 13.2 Å². The summed E-state index contributed by atoms with van der Waals surface area (Å²) < 4.78 is 47.8. The molecule has 0 unspecified atom stereocenters. The van der Waals surface area contributed by atoms with E-state index in [0.29, 0.717) is 30.3 Å². The van der Waals surface area contributed by atoms with Crippen LogP contribution in [0.25, 0.3) is 0 Å². The fraction of sp³-hybridized carbons (Fsp3) is 0.524. The van der Waals surface area contributed by atoms with Gasteiger partial charge in [0.05, 0.1) is 32.3 Å². The largest absolute Gasteiger partial charge is 0.361 e. The average Bonchev–Trinajstić information content (AvgIpc) is 3.58. The van der Waals surface area contributed by atoms with Crippen molar-refractivity contribution in [1.29, 1.82) is 5.41 Å². The first-order valence-electron chi connectivity index (χ1n) is 9.99. The number of carbonyl (C=O) groups is 1. The van der Waals surface area contributed by atoms with Crippen LogP contribution in [0.1, 0.15) is 41.9 Å². The van der Waals surface area contributed by atoms with Crippen molar-refractivity contribution in [2.75, 3.05) is 26.9 Å². The Morgan fingerprint density at radius 2 is 2.20 bits per heavy atom. The van der Waals surface area contributed by atoms with E-state index < -0.39 is 17.4 Å². The Bertz CT molecular complexity index is 887. The standard InChI is InChI=1S/C21H25F3N4O2/c1-27(8-14(22)7-25)26-18(29)9-28-11-21(4-5-21)19-13(10-30-12-28)2-3-15(20(19)24)16-6-17(16)23/h2-3,7-8,16-17,25H,4-6,9-12H2,1H3,(H,26,29)/b14-8+,25-7?/t16-,17-/m1/s1. The van der Waals surface area contributed by atoms with Crippen molar-refractivity contribution in [3.05, 3.63) is 46.7 Å². The normalized spacial score (nSPS) is 25.1. The molecule has 3 aliphatic rings. The van der Waals surface area contributed by atoms with E-state index in [1.807, 2.05) is 6.07 Å². The van der Waals surface area contributed by atoms with Gasteiger partial charge >= 0.3 is 0 Å². The Morgan fingerprint density at radius 1 is 1.47 bits per heavy atom. The lowest BCUT2D eigenvalue weighted by Crippen LogP contribution is -2.46. The molecule has 1 aromatic rings. The van der Waals surface area contributed by atoms with Gasteiger partial charge in [-0.05, 0) is 30.4 Å². The number of hydrogen-bond acceptors (Lipinski definition) is 5. The van der Waals surface area contributed by atoms with Crippen molar-refractivity contribution in [2.24, 2.45) is 0 Å². The molecule has 6 nitrogen and oxygen atoms in total. The van der Waals surface area contributed by atoms with Crippen molar-refractivity contribution in [1.82, 2.24) is 15.3 Å². The second-order valence-electron chi connectivity index (χ2n) is 8.41. The van der Waals surface area contributed by atoms with Gasteiger partial charge in [-0.15, -0.1) is 0 Å². The number of allylic oxidation sites excluding steroid dienone is 1. The van der Waals surface area contributed by atoms with Crippen molar-refractivity contribution < 1.29 is 22.7 Å². The zero-order valence-corrected chi connectivity index (χ0v) is 16.8. The maximum atomic E-state index is 15.4. The summed E-state index contributed by atoms with van der Waals surface area (Å²) in [7, 11) is 1.45. The number of fused-ring (bicyclic) bond motifs is 2. The van der Waals surface area contributed by atoms with Crippen LogP contribution in [-0.4, -0.2) is 55.1 Å². The Balaban J connectivity index is 1.49. The number of nitrogens with one attached hydrogen (secondary N) is 2. The Morgan fingerprint density at radius 3 is 2.83 bits per heavy atom. The van der Waals surface area contributed by atoms with E-state index in [4.69, 9.17) is 10.1 Å². The van der Waals surface area contributed by atoms with Crippen LogP contribution >= 0.6 is 0 Å². The lowest BCUT2D eigenvalue weighted by atomic mass is 9.87. The summed E-state index contributed by atoms with van der Waals surface area (Å²) in [6, 6.07) is 3.53. The van der Waals surface area contributed by atoms with Gasteiger partial charge in [0.15, 0.2) is 5.83 Å². The highest BCUT2D eigenvalue weighted by molar-refractivity contribution is 5.78. The third kappa shape index (κ3) is 4.22. The minimum absolute atomic E-state index is 0.00202. The first-order valence-corrected chi connectivity index (χ1v) is 9.99. The molecule has 0 bridgehead atoms. The predicted octanol–water partition coefficient (Wildman–Crippen LogP) is 2.90. The molecule has 2 atom stereocenters. The van der Waals surface area contributed by atoms with Crippen molar-refractivity contribution in [3.63, 3.8) is 0 Å².